The Morgan fingerprint density at radius 1 is 0.857 bits per heavy atom. The molecule has 0 aliphatic rings. The van der Waals surface area contributed by atoms with E-state index in [1.807, 2.05) is 30.3 Å². The van der Waals surface area contributed by atoms with E-state index in [0.29, 0.717) is 12.8 Å². The van der Waals surface area contributed by atoms with E-state index < -0.39 is 5.41 Å². The molecule has 0 amide bonds. The van der Waals surface area contributed by atoms with Gasteiger partial charge in [0.05, 0.1) is 13.2 Å². The summed E-state index contributed by atoms with van der Waals surface area (Å²) in [6.07, 6.45) is 1.36. The summed E-state index contributed by atoms with van der Waals surface area (Å²) < 4.78 is 0. The third-order valence-electron chi connectivity index (χ3n) is 4.16. The molecule has 0 spiro atoms. The Morgan fingerprint density at radius 3 is 2.14 bits per heavy atom. The molecule has 2 rings (SSSR count). The second-order valence-corrected chi connectivity index (χ2v) is 6.09. The fourth-order valence-corrected chi connectivity index (χ4v) is 2.76. The molecule has 112 valence electrons. The standard InChI is InChI=1S/C19H24O2/c1-15-8-9-16(2)18(10-15)12-19(13-20,14-21)11-17-6-4-3-5-7-17/h3-10,20-21H,11-14H2,1-2H3. The van der Waals surface area contributed by atoms with E-state index >= 15 is 0 Å². The maximum absolute atomic E-state index is 9.90. The molecule has 0 aliphatic heterocycles. The Balaban J connectivity index is 2.27. The normalized spacial score (nSPS) is 11.6. The van der Waals surface area contributed by atoms with Gasteiger partial charge in [-0.15, -0.1) is 0 Å². The summed E-state index contributed by atoms with van der Waals surface area (Å²) in [4.78, 5) is 0. The van der Waals surface area contributed by atoms with E-state index in [0.717, 1.165) is 5.56 Å². The quantitative estimate of drug-likeness (QED) is 0.856. The van der Waals surface area contributed by atoms with E-state index in [-0.39, 0.29) is 13.2 Å². The Kier molecular flexibility index (Phi) is 5.16. The Bertz CT molecular complexity index is 571. The van der Waals surface area contributed by atoms with Crippen molar-refractivity contribution in [2.24, 2.45) is 5.41 Å². The summed E-state index contributed by atoms with van der Waals surface area (Å²) in [5.41, 5.74) is 4.25. The first-order valence-corrected chi connectivity index (χ1v) is 7.40. The molecule has 2 heteroatoms. The summed E-state index contributed by atoms with van der Waals surface area (Å²) in [6.45, 7) is 4.11. The van der Waals surface area contributed by atoms with Crippen LogP contribution in [0.4, 0.5) is 0 Å². The van der Waals surface area contributed by atoms with Gasteiger partial charge in [-0.05, 0) is 43.4 Å². The summed E-state index contributed by atoms with van der Waals surface area (Å²) in [5, 5.41) is 19.8. The van der Waals surface area contributed by atoms with E-state index in [1.54, 1.807) is 0 Å². The molecule has 0 heterocycles. The van der Waals surface area contributed by atoms with Crippen molar-refractivity contribution >= 4 is 0 Å². The minimum absolute atomic E-state index is 0.0220. The van der Waals surface area contributed by atoms with Gasteiger partial charge >= 0.3 is 0 Å². The molecule has 0 saturated carbocycles. The van der Waals surface area contributed by atoms with Crippen molar-refractivity contribution in [1.82, 2.24) is 0 Å². The fourth-order valence-electron chi connectivity index (χ4n) is 2.76. The number of rotatable bonds is 6. The van der Waals surface area contributed by atoms with Gasteiger partial charge in [-0.25, -0.2) is 0 Å². The zero-order chi connectivity index (χ0) is 15.3. The predicted molar refractivity (Wildman–Crippen MR) is 86.4 cm³/mol. The van der Waals surface area contributed by atoms with Crippen LogP contribution in [0.3, 0.4) is 0 Å². The molecule has 0 aliphatic carbocycles. The highest BCUT2D eigenvalue weighted by Gasteiger charge is 2.30. The minimum atomic E-state index is -0.514. The largest absolute Gasteiger partial charge is 0.396 e. The van der Waals surface area contributed by atoms with Gasteiger partial charge in [0.15, 0.2) is 0 Å². The predicted octanol–water partition coefficient (Wildman–Crippen LogP) is 3.06. The third kappa shape index (κ3) is 3.93. The molecule has 0 bridgehead atoms. The van der Waals surface area contributed by atoms with Crippen molar-refractivity contribution in [3.05, 3.63) is 70.8 Å². The van der Waals surface area contributed by atoms with Gasteiger partial charge in [-0.2, -0.15) is 0 Å². The topological polar surface area (TPSA) is 40.5 Å². The molecule has 2 N–H and O–H groups in total. The Morgan fingerprint density at radius 2 is 1.52 bits per heavy atom. The van der Waals surface area contributed by atoms with Crippen molar-refractivity contribution in [1.29, 1.82) is 0 Å². The lowest BCUT2D eigenvalue weighted by atomic mass is 9.77. The summed E-state index contributed by atoms with van der Waals surface area (Å²) >= 11 is 0. The molecule has 0 unspecified atom stereocenters. The van der Waals surface area contributed by atoms with Crippen LogP contribution in [0.25, 0.3) is 0 Å². The summed E-state index contributed by atoms with van der Waals surface area (Å²) in [6, 6.07) is 16.4. The zero-order valence-corrected chi connectivity index (χ0v) is 12.8. The number of hydrogen-bond donors (Lipinski definition) is 2. The molecule has 21 heavy (non-hydrogen) atoms. The molecule has 0 aromatic heterocycles. The molecule has 2 nitrogen and oxygen atoms in total. The van der Waals surface area contributed by atoms with E-state index in [9.17, 15) is 10.2 Å². The lowest BCUT2D eigenvalue weighted by molar-refractivity contribution is 0.0546. The average molecular weight is 284 g/mol. The van der Waals surface area contributed by atoms with Gasteiger partial charge in [0.1, 0.15) is 0 Å². The number of benzene rings is 2. The number of aryl methyl sites for hydroxylation is 2. The Labute approximate surface area is 127 Å². The number of aliphatic hydroxyl groups excluding tert-OH is 2. The van der Waals surface area contributed by atoms with Gasteiger partial charge < -0.3 is 10.2 Å². The van der Waals surface area contributed by atoms with Crippen LogP contribution >= 0.6 is 0 Å². The van der Waals surface area contributed by atoms with Crippen molar-refractivity contribution in [3.63, 3.8) is 0 Å². The molecule has 0 saturated heterocycles. The van der Waals surface area contributed by atoms with Crippen molar-refractivity contribution < 1.29 is 10.2 Å². The highest BCUT2D eigenvalue weighted by Crippen LogP contribution is 2.29. The van der Waals surface area contributed by atoms with Crippen LogP contribution in [-0.4, -0.2) is 23.4 Å². The fraction of sp³-hybridized carbons (Fsp3) is 0.368. The zero-order valence-electron chi connectivity index (χ0n) is 12.8. The Hall–Kier alpha value is -1.64. The van der Waals surface area contributed by atoms with Crippen LogP contribution in [0, 0.1) is 19.3 Å². The number of aliphatic hydroxyl groups is 2. The maximum atomic E-state index is 9.90. The van der Waals surface area contributed by atoms with Crippen molar-refractivity contribution in [3.8, 4) is 0 Å². The summed E-state index contributed by atoms with van der Waals surface area (Å²) in [7, 11) is 0. The lowest BCUT2D eigenvalue weighted by Gasteiger charge is -2.31. The van der Waals surface area contributed by atoms with Gasteiger partial charge in [-0.1, -0.05) is 54.1 Å². The second kappa shape index (κ2) is 6.88. The van der Waals surface area contributed by atoms with Crippen LogP contribution in [0.15, 0.2) is 48.5 Å². The number of hydrogen-bond acceptors (Lipinski definition) is 2. The second-order valence-electron chi connectivity index (χ2n) is 6.09. The van der Waals surface area contributed by atoms with Crippen LogP contribution < -0.4 is 0 Å². The van der Waals surface area contributed by atoms with E-state index in [4.69, 9.17) is 0 Å². The average Bonchev–Trinajstić information content (AvgIpc) is 2.51. The summed E-state index contributed by atoms with van der Waals surface area (Å²) in [5.74, 6) is 0. The van der Waals surface area contributed by atoms with Crippen LogP contribution in [0.2, 0.25) is 0 Å². The molecular formula is C19H24O2. The van der Waals surface area contributed by atoms with Crippen LogP contribution in [-0.2, 0) is 12.8 Å². The first kappa shape index (κ1) is 15.7. The monoisotopic (exact) mass is 284 g/mol. The highest BCUT2D eigenvalue weighted by molar-refractivity contribution is 5.32. The van der Waals surface area contributed by atoms with Crippen molar-refractivity contribution in [2.45, 2.75) is 26.7 Å². The van der Waals surface area contributed by atoms with Crippen molar-refractivity contribution in [2.75, 3.05) is 13.2 Å². The third-order valence-corrected chi connectivity index (χ3v) is 4.16. The van der Waals surface area contributed by atoms with Gasteiger partial charge in [-0.3, -0.25) is 0 Å². The van der Waals surface area contributed by atoms with E-state index in [1.165, 1.54) is 16.7 Å². The molecule has 0 atom stereocenters. The smallest absolute Gasteiger partial charge is 0.0515 e. The minimum Gasteiger partial charge on any atom is -0.396 e. The molecule has 0 fully saturated rings. The molecule has 2 aromatic rings. The molecule has 0 radical (unpaired) electrons. The van der Waals surface area contributed by atoms with Gasteiger partial charge in [0.25, 0.3) is 0 Å². The van der Waals surface area contributed by atoms with Crippen LogP contribution in [0.1, 0.15) is 22.3 Å². The first-order valence-electron chi connectivity index (χ1n) is 7.40. The molecular weight excluding hydrogens is 260 g/mol. The van der Waals surface area contributed by atoms with Gasteiger partial charge in [0.2, 0.25) is 0 Å². The SMILES string of the molecule is Cc1ccc(C)c(CC(CO)(CO)Cc2ccccc2)c1. The van der Waals surface area contributed by atoms with Crippen LogP contribution in [0.5, 0.6) is 0 Å². The van der Waals surface area contributed by atoms with E-state index in [2.05, 4.69) is 32.0 Å². The maximum Gasteiger partial charge on any atom is 0.0515 e. The molecule has 2 aromatic carbocycles. The highest BCUT2D eigenvalue weighted by atomic mass is 16.3. The first-order chi connectivity index (χ1) is 10.1. The van der Waals surface area contributed by atoms with Gasteiger partial charge in [0, 0.05) is 5.41 Å². The lowest BCUT2D eigenvalue weighted by Crippen LogP contribution is -2.35.